The van der Waals surface area contributed by atoms with E-state index in [1.165, 1.54) is 57.8 Å². The van der Waals surface area contributed by atoms with E-state index in [4.69, 9.17) is 19.1 Å². The van der Waals surface area contributed by atoms with Gasteiger partial charge in [0.2, 0.25) is 0 Å². The second-order valence-electron chi connectivity index (χ2n) is 14.7. The van der Waals surface area contributed by atoms with Crippen LogP contribution < -0.4 is 0 Å². The molecule has 0 aliphatic heterocycles. The number of carbonyl (C=O) groups excluding carboxylic acids is 2. The highest BCUT2D eigenvalue weighted by molar-refractivity contribution is 7.47. The molecule has 0 saturated carbocycles. The van der Waals surface area contributed by atoms with E-state index in [0.717, 1.165) is 64.2 Å². The van der Waals surface area contributed by atoms with E-state index < -0.39 is 51.8 Å². The second-order valence-corrected chi connectivity index (χ2v) is 16.1. The van der Waals surface area contributed by atoms with Crippen molar-refractivity contribution in [3.63, 3.8) is 0 Å². The van der Waals surface area contributed by atoms with Gasteiger partial charge < -0.3 is 24.6 Å². The monoisotopic (exact) mass is 849 g/mol. The zero-order valence-corrected chi connectivity index (χ0v) is 37.6. The van der Waals surface area contributed by atoms with Gasteiger partial charge in [0.05, 0.1) is 19.8 Å². The lowest BCUT2D eigenvalue weighted by Crippen LogP contribution is -2.29. The Morgan fingerprint density at radius 2 is 0.949 bits per heavy atom. The van der Waals surface area contributed by atoms with Gasteiger partial charge in [-0.15, -0.1) is 0 Å². The van der Waals surface area contributed by atoms with Gasteiger partial charge >= 0.3 is 19.8 Å². The lowest BCUT2D eigenvalue weighted by atomic mass is 10.1. The maximum absolute atomic E-state index is 12.6. The van der Waals surface area contributed by atoms with Crippen molar-refractivity contribution in [2.24, 2.45) is 0 Å². The molecule has 0 rings (SSSR count). The fraction of sp³-hybridized carbons (Fsp3) is 0.667. The highest BCUT2D eigenvalue weighted by atomic mass is 31.2. The molecule has 0 saturated heterocycles. The number of allylic oxidation sites excluding steroid dienone is 14. The fourth-order valence-electron chi connectivity index (χ4n) is 5.59. The van der Waals surface area contributed by atoms with Crippen molar-refractivity contribution in [1.29, 1.82) is 0 Å². The first-order valence-electron chi connectivity index (χ1n) is 22.5. The zero-order chi connectivity index (χ0) is 43.3. The van der Waals surface area contributed by atoms with Crippen LogP contribution in [-0.4, -0.2) is 65.7 Å². The first-order chi connectivity index (χ1) is 28.7. The van der Waals surface area contributed by atoms with E-state index >= 15 is 0 Å². The molecule has 10 nitrogen and oxygen atoms in total. The number of phosphoric ester groups is 1. The normalized spacial score (nSPS) is 14.6. The number of aliphatic hydroxyl groups excluding tert-OH is 2. The quantitative estimate of drug-likeness (QED) is 0.0235. The summed E-state index contributed by atoms with van der Waals surface area (Å²) in [7, 11) is -4.64. The van der Waals surface area contributed by atoms with Gasteiger partial charge in [0.25, 0.3) is 0 Å². The molecule has 0 aromatic carbocycles. The number of esters is 2. The molecule has 3 atom stereocenters. The van der Waals surface area contributed by atoms with Gasteiger partial charge in [-0.2, -0.15) is 0 Å². The highest BCUT2D eigenvalue weighted by Gasteiger charge is 2.27. The molecule has 3 N–H and O–H groups in total. The van der Waals surface area contributed by atoms with E-state index in [0.29, 0.717) is 19.3 Å². The van der Waals surface area contributed by atoms with Crippen molar-refractivity contribution in [2.75, 3.05) is 26.4 Å². The average Bonchev–Trinajstić information content (AvgIpc) is 3.22. The number of hydrogen-bond donors (Lipinski definition) is 3. The predicted octanol–water partition coefficient (Wildman–Crippen LogP) is 12.2. The summed E-state index contributed by atoms with van der Waals surface area (Å²) >= 11 is 0. The van der Waals surface area contributed by atoms with Crippen molar-refractivity contribution in [2.45, 2.75) is 180 Å². The number of rotatable bonds is 41. The summed E-state index contributed by atoms with van der Waals surface area (Å²) in [5, 5.41) is 18.3. The van der Waals surface area contributed by atoms with Gasteiger partial charge in [0.1, 0.15) is 12.7 Å². The summed E-state index contributed by atoms with van der Waals surface area (Å²) in [5.74, 6) is -1.00. The lowest BCUT2D eigenvalue weighted by molar-refractivity contribution is -0.161. The van der Waals surface area contributed by atoms with Gasteiger partial charge in [-0.1, -0.05) is 157 Å². The molecule has 0 aliphatic rings. The summed E-state index contributed by atoms with van der Waals surface area (Å²) in [5.41, 5.74) is 0. The largest absolute Gasteiger partial charge is 0.472 e. The fourth-order valence-corrected chi connectivity index (χ4v) is 6.38. The predicted molar refractivity (Wildman–Crippen MR) is 242 cm³/mol. The third-order valence-electron chi connectivity index (χ3n) is 9.03. The zero-order valence-electron chi connectivity index (χ0n) is 36.7. The summed E-state index contributed by atoms with van der Waals surface area (Å²) in [6.45, 7) is 2.16. The minimum atomic E-state index is -4.64. The minimum absolute atomic E-state index is 0.101. The summed E-state index contributed by atoms with van der Waals surface area (Å²) < 4.78 is 32.7. The highest BCUT2D eigenvalue weighted by Crippen LogP contribution is 2.43. The van der Waals surface area contributed by atoms with E-state index in [9.17, 15) is 24.2 Å². The molecule has 0 bridgehead atoms. The van der Waals surface area contributed by atoms with Crippen molar-refractivity contribution in [3.05, 3.63) is 85.1 Å². The third-order valence-corrected chi connectivity index (χ3v) is 9.98. The van der Waals surface area contributed by atoms with Gasteiger partial charge in [0.15, 0.2) is 6.10 Å². The van der Waals surface area contributed by atoms with Crippen LogP contribution >= 0.6 is 7.82 Å². The molecular weight excluding hydrogens is 767 g/mol. The standard InChI is InChI=1S/C48H81O10P/c1-3-5-7-9-11-13-15-17-19-21-22-24-25-27-29-31-33-35-37-39-47(51)55-43-46(44-57-59(53,54)56-42-45(50)41-49)58-48(52)40-38-36-34-32-30-28-26-23-20-18-16-14-12-10-8-6-4-2/h6,8,11-14,17-20,26,28,32,34,45-46,49-50H,3-5,7,9-10,15-16,21-25,27,29-31,33,35-44H2,1-2H3,(H,53,54)/b8-6-,13-11-,14-12-,19-17-,20-18-,28-26-,34-32-. The molecule has 11 heteroatoms. The molecular formula is C48H81O10P. The van der Waals surface area contributed by atoms with E-state index in [-0.39, 0.29) is 19.4 Å². The maximum Gasteiger partial charge on any atom is 0.472 e. The molecule has 0 aliphatic carbocycles. The second kappa shape index (κ2) is 43.2. The molecule has 0 spiro atoms. The Bertz CT molecular complexity index is 1250. The van der Waals surface area contributed by atoms with Crippen LogP contribution in [0.25, 0.3) is 0 Å². The van der Waals surface area contributed by atoms with Gasteiger partial charge in [0, 0.05) is 12.8 Å². The third kappa shape index (κ3) is 43.1. The smallest absolute Gasteiger partial charge is 0.462 e. The average molecular weight is 849 g/mol. The van der Waals surface area contributed by atoms with Crippen LogP contribution in [0.3, 0.4) is 0 Å². The number of unbranched alkanes of at least 4 members (excludes halogenated alkanes) is 13. The molecule has 0 amide bonds. The number of ether oxygens (including phenoxy) is 2. The first-order valence-corrected chi connectivity index (χ1v) is 24.0. The number of carbonyl (C=O) groups is 2. The number of hydrogen-bond acceptors (Lipinski definition) is 9. The summed E-state index contributed by atoms with van der Waals surface area (Å²) in [6.07, 6.45) is 51.2. The molecule has 0 aromatic heterocycles. The molecule has 3 unspecified atom stereocenters. The molecule has 0 heterocycles. The van der Waals surface area contributed by atoms with Crippen LogP contribution in [0.15, 0.2) is 85.1 Å². The Morgan fingerprint density at radius 3 is 1.46 bits per heavy atom. The summed E-state index contributed by atoms with van der Waals surface area (Å²) in [6, 6.07) is 0. The Kier molecular flexibility index (Phi) is 41.2. The van der Waals surface area contributed by atoms with Crippen LogP contribution in [0, 0.1) is 0 Å². The minimum Gasteiger partial charge on any atom is -0.462 e. The van der Waals surface area contributed by atoms with Gasteiger partial charge in [-0.05, 0) is 83.5 Å². The van der Waals surface area contributed by atoms with E-state index in [2.05, 4.69) is 91.3 Å². The van der Waals surface area contributed by atoms with Gasteiger partial charge in [-0.25, -0.2) is 4.57 Å². The van der Waals surface area contributed by atoms with E-state index in [1.807, 2.05) is 12.2 Å². The molecule has 0 radical (unpaired) electrons. The Morgan fingerprint density at radius 1 is 0.525 bits per heavy atom. The SMILES string of the molecule is CC/C=C\C/C=C\C/C=C\C/C=C\C/C=C\CCCC(=O)OC(COC(=O)CCCCCCCCCCC/C=C\C/C=C\CCCCC)COP(=O)(O)OCC(O)CO. The first kappa shape index (κ1) is 56.1. The number of aliphatic hydroxyl groups is 2. The van der Waals surface area contributed by atoms with Crippen LogP contribution in [0.5, 0.6) is 0 Å². The van der Waals surface area contributed by atoms with Crippen molar-refractivity contribution in [3.8, 4) is 0 Å². The Balaban J connectivity index is 4.37. The van der Waals surface area contributed by atoms with Crippen molar-refractivity contribution in [1.82, 2.24) is 0 Å². The molecule has 0 aromatic rings. The number of phosphoric acid groups is 1. The summed E-state index contributed by atoms with van der Waals surface area (Å²) in [4.78, 5) is 35.0. The van der Waals surface area contributed by atoms with E-state index in [1.54, 1.807) is 0 Å². The maximum atomic E-state index is 12.6. The Hall–Kier alpha value is -2.85. The van der Waals surface area contributed by atoms with Crippen LogP contribution in [0.4, 0.5) is 0 Å². The van der Waals surface area contributed by atoms with Crippen LogP contribution in [0.1, 0.15) is 168 Å². The molecule has 0 fully saturated rings. The van der Waals surface area contributed by atoms with Crippen molar-refractivity contribution < 1.29 is 47.8 Å². The van der Waals surface area contributed by atoms with Gasteiger partial charge in [-0.3, -0.25) is 18.6 Å². The van der Waals surface area contributed by atoms with Crippen LogP contribution in [0.2, 0.25) is 0 Å². The van der Waals surface area contributed by atoms with Crippen molar-refractivity contribution >= 4 is 19.8 Å². The molecule has 59 heavy (non-hydrogen) atoms. The Labute approximate surface area is 358 Å². The lowest BCUT2D eigenvalue weighted by Gasteiger charge is -2.20. The topological polar surface area (TPSA) is 149 Å². The van der Waals surface area contributed by atoms with Crippen LogP contribution in [-0.2, 0) is 32.7 Å². The molecule has 338 valence electrons.